The summed E-state index contributed by atoms with van der Waals surface area (Å²) in [7, 11) is 0. The van der Waals surface area contributed by atoms with Crippen LogP contribution in [0.2, 0.25) is 0 Å². The van der Waals surface area contributed by atoms with Crippen molar-refractivity contribution in [2.24, 2.45) is 0 Å². The fourth-order valence-corrected chi connectivity index (χ4v) is 2.29. The molecule has 0 atom stereocenters. The predicted octanol–water partition coefficient (Wildman–Crippen LogP) is 2.51. The monoisotopic (exact) mass is 291 g/mol. The van der Waals surface area contributed by atoms with Gasteiger partial charge in [-0.3, -0.25) is 0 Å². The molecule has 21 heavy (non-hydrogen) atoms. The summed E-state index contributed by atoms with van der Waals surface area (Å²) in [5, 5.41) is 16.4. The highest BCUT2D eigenvalue weighted by atomic mass is 16.3. The van der Waals surface area contributed by atoms with E-state index in [1.807, 2.05) is 16.8 Å². The van der Waals surface area contributed by atoms with E-state index in [0.717, 1.165) is 37.3 Å². The molecular formula is C15H25N5O. The Labute approximate surface area is 125 Å². The summed E-state index contributed by atoms with van der Waals surface area (Å²) in [6, 6.07) is 0. The third-order valence-electron chi connectivity index (χ3n) is 3.97. The van der Waals surface area contributed by atoms with Gasteiger partial charge in [0.25, 0.3) is 0 Å². The average Bonchev–Trinajstić information content (AvgIpc) is 2.99. The van der Waals surface area contributed by atoms with E-state index >= 15 is 0 Å². The van der Waals surface area contributed by atoms with Crippen LogP contribution in [0.1, 0.15) is 40.0 Å². The molecule has 0 aromatic carbocycles. The van der Waals surface area contributed by atoms with Crippen LogP contribution >= 0.6 is 0 Å². The number of rotatable bonds is 8. The first-order valence-electron chi connectivity index (χ1n) is 7.64. The molecule has 0 aliphatic carbocycles. The Balaban J connectivity index is 2.38. The van der Waals surface area contributed by atoms with Crippen molar-refractivity contribution >= 4 is 17.3 Å². The Morgan fingerprint density at radius 2 is 2.05 bits per heavy atom. The molecule has 0 fully saturated rings. The summed E-state index contributed by atoms with van der Waals surface area (Å²) in [5.41, 5.74) is 0.416. The summed E-state index contributed by atoms with van der Waals surface area (Å²) in [6.45, 7) is 7.19. The zero-order chi connectivity index (χ0) is 15.3. The lowest BCUT2D eigenvalue weighted by Gasteiger charge is -2.31. The van der Waals surface area contributed by atoms with Gasteiger partial charge in [0.05, 0.1) is 18.3 Å². The number of hydrogen-bond donors (Lipinski definition) is 3. The topological polar surface area (TPSA) is 74.5 Å². The smallest absolute Gasteiger partial charge is 0.180 e. The molecule has 6 heteroatoms. The number of nitrogens with one attached hydrogen (secondary N) is 2. The molecule has 0 amide bonds. The number of aliphatic hydroxyl groups is 1. The summed E-state index contributed by atoms with van der Waals surface area (Å²) >= 11 is 0. The molecule has 0 saturated heterocycles. The molecule has 0 bridgehead atoms. The Bertz CT molecular complexity index is 568. The minimum Gasteiger partial charge on any atom is -0.394 e. The second-order valence-electron chi connectivity index (χ2n) is 5.33. The quantitative estimate of drug-likeness (QED) is 0.697. The van der Waals surface area contributed by atoms with Gasteiger partial charge in [-0.15, -0.1) is 0 Å². The van der Waals surface area contributed by atoms with Gasteiger partial charge in [-0.25, -0.2) is 9.97 Å². The zero-order valence-corrected chi connectivity index (χ0v) is 13.1. The Morgan fingerprint density at radius 1 is 1.29 bits per heavy atom. The highest BCUT2D eigenvalue weighted by Crippen LogP contribution is 2.24. The van der Waals surface area contributed by atoms with E-state index in [9.17, 15) is 5.11 Å². The van der Waals surface area contributed by atoms with Gasteiger partial charge >= 0.3 is 0 Å². The van der Waals surface area contributed by atoms with Gasteiger partial charge in [-0.1, -0.05) is 20.8 Å². The molecule has 0 saturated carbocycles. The maximum atomic E-state index is 9.74. The molecule has 0 unspecified atom stereocenters. The Morgan fingerprint density at radius 3 is 2.67 bits per heavy atom. The van der Waals surface area contributed by atoms with Crippen molar-refractivity contribution in [2.45, 2.75) is 45.6 Å². The summed E-state index contributed by atoms with van der Waals surface area (Å²) in [5.74, 6) is 1.52. The van der Waals surface area contributed by atoms with Crippen molar-refractivity contribution in [2.75, 3.05) is 23.8 Å². The van der Waals surface area contributed by atoms with Crippen LogP contribution in [-0.2, 0) is 0 Å². The van der Waals surface area contributed by atoms with Gasteiger partial charge in [0, 0.05) is 18.9 Å². The molecule has 2 rings (SSSR count). The molecule has 0 aliphatic rings. The molecule has 0 aliphatic heterocycles. The van der Waals surface area contributed by atoms with Crippen LogP contribution in [0.4, 0.5) is 11.6 Å². The molecule has 2 aromatic rings. The largest absolute Gasteiger partial charge is 0.394 e. The summed E-state index contributed by atoms with van der Waals surface area (Å²) in [4.78, 5) is 8.98. The first kappa shape index (κ1) is 15.6. The molecule has 0 radical (unpaired) electrons. The molecule has 6 nitrogen and oxygen atoms in total. The van der Waals surface area contributed by atoms with Crippen LogP contribution in [0.25, 0.3) is 5.65 Å². The van der Waals surface area contributed by atoms with Crippen molar-refractivity contribution in [3.63, 3.8) is 0 Å². The van der Waals surface area contributed by atoms with Gasteiger partial charge in [0.1, 0.15) is 5.82 Å². The van der Waals surface area contributed by atoms with Crippen LogP contribution in [-0.4, -0.2) is 38.2 Å². The third-order valence-corrected chi connectivity index (χ3v) is 3.97. The third kappa shape index (κ3) is 3.26. The molecule has 2 aromatic heterocycles. The normalized spacial score (nSPS) is 11.8. The second-order valence-corrected chi connectivity index (χ2v) is 5.33. The van der Waals surface area contributed by atoms with E-state index in [0.29, 0.717) is 5.82 Å². The van der Waals surface area contributed by atoms with Crippen LogP contribution in [0.5, 0.6) is 0 Å². The highest BCUT2D eigenvalue weighted by molar-refractivity contribution is 5.66. The Kier molecular flexibility index (Phi) is 5.01. The minimum atomic E-state index is -0.358. The lowest BCUT2D eigenvalue weighted by Crippen LogP contribution is -2.41. The van der Waals surface area contributed by atoms with Crippen molar-refractivity contribution in [1.82, 2.24) is 14.4 Å². The number of aliphatic hydroxyl groups excluding tert-OH is 1. The number of imidazole rings is 1. The molecule has 0 spiro atoms. The van der Waals surface area contributed by atoms with E-state index in [2.05, 4.69) is 41.4 Å². The van der Waals surface area contributed by atoms with Crippen LogP contribution in [0.3, 0.4) is 0 Å². The minimum absolute atomic E-state index is 0.0706. The van der Waals surface area contributed by atoms with Gasteiger partial charge in [0.2, 0.25) is 0 Å². The number of aromatic nitrogens is 3. The van der Waals surface area contributed by atoms with E-state index < -0.39 is 0 Å². The highest BCUT2D eigenvalue weighted by Gasteiger charge is 2.26. The van der Waals surface area contributed by atoms with Crippen molar-refractivity contribution in [3.8, 4) is 0 Å². The Hall–Kier alpha value is -1.82. The molecule has 116 valence electrons. The van der Waals surface area contributed by atoms with E-state index in [1.165, 1.54) is 0 Å². The molecule has 3 N–H and O–H groups in total. The number of anilines is 2. The fraction of sp³-hybridized carbons (Fsp3) is 0.600. The van der Waals surface area contributed by atoms with Crippen LogP contribution in [0, 0.1) is 0 Å². The summed E-state index contributed by atoms with van der Waals surface area (Å²) < 4.78 is 1.95. The second kappa shape index (κ2) is 6.76. The van der Waals surface area contributed by atoms with E-state index in [4.69, 9.17) is 0 Å². The first-order valence-corrected chi connectivity index (χ1v) is 7.64. The fourth-order valence-electron chi connectivity index (χ4n) is 2.29. The van der Waals surface area contributed by atoms with E-state index in [-0.39, 0.29) is 12.1 Å². The predicted molar refractivity (Wildman–Crippen MR) is 85.8 cm³/mol. The molecule has 2 heterocycles. The van der Waals surface area contributed by atoms with Crippen molar-refractivity contribution in [1.29, 1.82) is 0 Å². The van der Waals surface area contributed by atoms with Gasteiger partial charge < -0.3 is 20.1 Å². The van der Waals surface area contributed by atoms with Crippen molar-refractivity contribution in [3.05, 3.63) is 18.6 Å². The molecular weight excluding hydrogens is 266 g/mol. The average molecular weight is 291 g/mol. The number of fused-ring (bicyclic) bond motifs is 1. The van der Waals surface area contributed by atoms with E-state index in [1.54, 1.807) is 6.20 Å². The number of hydrogen-bond acceptors (Lipinski definition) is 5. The van der Waals surface area contributed by atoms with Crippen molar-refractivity contribution < 1.29 is 5.11 Å². The van der Waals surface area contributed by atoms with Gasteiger partial charge in [-0.05, 0) is 19.3 Å². The van der Waals surface area contributed by atoms with Gasteiger partial charge in [0.15, 0.2) is 11.5 Å². The zero-order valence-electron chi connectivity index (χ0n) is 13.1. The maximum absolute atomic E-state index is 9.74. The van der Waals surface area contributed by atoms with Gasteiger partial charge in [-0.2, -0.15) is 0 Å². The SMILES string of the molecule is CCCNc1cn2ccnc2c(NC(CC)(CC)CO)n1. The maximum Gasteiger partial charge on any atom is 0.180 e. The lowest BCUT2D eigenvalue weighted by atomic mass is 9.94. The lowest BCUT2D eigenvalue weighted by molar-refractivity contribution is 0.202. The van der Waals surface area contributed by atoms with Crippen LogP contribution in [0.15, 0.2) is 18.6 Å². The summed E-state index contributed by atoms with van der Waals surface area (Å²) in [6.07, 6.45) is 8.27. The standard InChI is InChI=1S/C15H25N5O/c1-4-7-16-12-10-20-9-8-17-14(20)13(18-12)19-15(5-2,6-3)11-21/h8-10,16,21H,4-7,11H2,1-3H3,(H,18,19). The number of nitrogens with zero attached hydrogens (tertiary/aromatic N) is 3. The first-order chi connectivity index (χ1) is 10.2. The van der Waals surface area contributed by atoms with Crippen LogP contribution < -0.4 is 10.6 Å².